The monoisotopic (exact) mass is 398 g/mol. The summed E-state index contributed by atoms with van der Waals surface area (Å²) in [7, 11) is -3.62. The number of hydrogen-bond donors (Lipinski definition) is 1. The first-order valence-electron chi connectivity index (χ1n) is 6.37. The molecular weight excluding hydrogens is 380 g/mol. The molecule has 0 bridgehead atoms. The van der Waals surface area contributed by atoms with Gasteiger partial charge < -0.3 is 10.5 Å². The average Bonchev–Trinajstić information content (AvgIpc) is 2.72. The van der Waals surface area contributed by atoms with Crippen molar-refractivity contribution >= 4 is 43.2 Å². The van der Waals surface area contributed by atoms with Crippen LogP contribution in [-0.2, 0) is 14.6 Å². The first kappa shape index (κ1) is 18.4. The van der Waals surface area contributed by atoms with Crippen LogP contribution < -0.4 is 5.73 Å². The number of nitrogens with two attached hydrogens (primary N) is 1. The molecule has 2 unspecified atom stereocenters. The maximum absolute atomic E-state index is 12.0. The Bertz CT molecular complexity index is 586. The molecule has 0 radical (unpaired) electrons. The van der Waals surface area contributed by atoms with Gasteiger partial charge in [0.25, 0.3) is 0 Å². The van der Waals surface area contributed by atoms with Gasteiger partial charge in [0.1, 0.15) is 9.61 Å². The van der Waals surface area contributed by atoms with E-state index in [0.717, 1.165) is 12.7 Å². The number of thiazole rings is 1. The van der Waals surface area contributed by atoms with Crippen LogP contribution in [0.2, 0.25) is 0 Å². The van der Waals surface area contributed by atoms with Crippen molar-refractivity contribution < 1.29 is 17.9 Å². The Labute approximate surface area is 137 Å². The maximum Gasteiger partial charge on any atom is 0.405 e. The largest absolute Gasteiger partial charge is 0.429 e. The number of rotatable bonds is 7. The molecule has 1 aromatic rings. The molecule has 1 rings (SSSR count). The van der Waals surface area contributed by atoms with Crippen molar-refractivity contribution in [2.75, 3.05) is 6.26 Å². The summed E-state index contributed by atoms with van der Waals surface area (Å²) < 4.78 is 29.4. The number of ether oxygens (including phenoxy) is 1. The molecule has 0 spiro atoms. The van der Waals surface area contributed by atoms with E-state index in [2.05, 4.69) is 20.9 Å². The van der Waals surface area contributed by atoms with Crippen molar-refractivity contribution in [3.05, 3.63) is 15.0 Å². The zero-order chi connectivity index (χ0) is 16.2. The first-order chi connectivity index (χ1) is 9.61. The molecule has 120 valence electrons. The summed E-state index contributed by atoms with van der Waals surface area (Å²) in [5.41, 5.74) is 3.70. The van der Waals surface area contributed by atoms with Gasteiger partial charge >= 0.3 is 6.09 Å². The van der Waals surface area contributed by atoms with Gasteiger partial charge in [0.05, 0.1) is 5.92 Å². The molecule has 0 saturated heterocycles. The summed E-state index contributed by atoms with van der Waals surface area (Å²) in [6, 6.07) is 0. The Hall–Kier alpha value is -0.670. The lowest BCUT2D eigenvalue weighted by molar-refractivity contribution is 0.126. The van der Waals surface area contributed by atoms with Crippen molar-refractivity contribution in [3.63, 3.8) is 0 Å². The lowest BCUT2D eigenvalue weighted by atomic mass is 9.99. The van der Waals surface area contributed by atoms with E-state index in [1.54, 1.807) is 5.38 Å². The van der Waals surface area contributed by atoms with Gasteiger partial charge in [-0.05, 0) is 28.3 Å². The van der Waals surface area contributed by atoms with Gasteiger partial charge in [0.2, 0.25) is 5.44 Å². The van der Waals surface area contributed by atoms with Gasteiger partial charge in [0.15, 0.2) is 9.84 Å². The Balaban J connectivity index is 3.14. The van der Waals surface area contributed by atoms with Crippen LogP contribution >= 0.6 is 27.3 Å². The third kappa shape index (κ3) is 5.91. The zero-order valence-electron chi connectivity index (χ0n) is 12.1. The highest BCUT2D eigenvalue weighted by atomic mass is 79.9. The van der Waals surface area contributed by atoms with Gasteiger partial charge in [-0.2, -0.15) is 0 Å². The molecule has 2 atom stereocenters. The third-order valence-electron chi connectivity index (χ3n) is 2.85. The fourth-order valence-corrected chi connectivity index (χ4v) is 4.55. The number of halogens is 1. The second kappa shape index (κ2) is 7.55. The molecule has 0 aromatic carbocycles. The fourth-order valence-electron chi connectivity index (χ4n) is 1.91. The molecule has 0 aliphatic heterocycles. The molecule has 21 heavy (non-hydrogen) atoms. The number of carbonyl (C=O) groups is 1. The Morgan fingerprint density at radius 1 is 1.48 bits per heavy atom. The fraction of sp³-hybridized carbons (Fsp3) is 0.667. The lowest BCUT2D eigenvalue weighted by Gasteiger charge is -2.24. The number of aromatic nitrogens is 1. The van der Waals surface area contributed by atoms with Crippen LogP contribution in [0.3, 0.4) is 0 Å². The molecule has 0 aliphatic carbocycles. The lowest BCUT2D eigenvalue weighted by Crippen LogP contribution is -2.35. The minimum atomic E-state index is -3.62. The molecule has 0 aliphatic rings. The van der Waals surface area contributed by atoms with E-state index in [4.69, 9.17) is 10.5 Å². The number of sulfone groups is 1. The molecule has 1 heterocycles. The third-order valence-corrected chi connectivity index (χ3v) is 5.80. The number of primary amides is 1. The molecular formula is C12H19BrN2O4S2. The van der Waals surface area contributed by atoms with Gasteiger partial charge in [-0.3, -0.25) is 0 Å². The van der Waals surface area contributed by atoms with Crippen molar-refractivity contribution in [1.82, 2.24) is 4.98 Å². The summed E-state index contributed by atoms with van der Waals surface area (Å²) in [6.45, 7) is 4.08. The molecule has 0 fully saturated rings. The van der Waals surface area contributed by atoms with Gasteiger partial charge in [-0.1, -0.05) is 20.3 Å². The molecule has 9 heteroatoms. The predicted octanol–water partition coefficient (Wildman–Crippen LogP) is 2.89. The van der Waals surface area contributed by atoms with Crippen LogP contribution in [-0.4, -0.2) is 31.2 Å². The van der Waals surface area contributed by atoms with E-state index in [1.165, 1.54) is 11.3 Å². The number of hydrogen-bond acceptors (Lipinski definition) is 6. The van der Waals surface area contributed by atoms with E-state index >= 15 is 0 Å². The highest BCUT2D eigenvalue weighted by Crippen LogP contribution is 2.34. The van der Waals surface area contributed by atoms with Gasteiger partial charge in [-0.25, -0.2) is 18.2 Å². The molecule has 2 N–H and O–H groups in total. The summed E-state index contributed by atoms with van der Waals surface area (Å²) in [6.07, 6.45) is 1.26. The second-order valence-electron chi connectivity index (χ2n) is 5.22. The summed E-state index contributed by atoms with van der Waals surface area (Å²) in [5.74, 6) is -0.129. The SMILES string of the molecule is CC(C)CCC(c1nc(Br)cs1)C(OC(N)=O)S(C)(=O)=O. The highest BCUT2D eigenvalue weighted by molar-refractivity contribution is 9.10. The van der Waals surface area contributed by atoms with E-state index in [9.17, 15) is 13.2 Å². The van der Waals surface area contributed by atoms with Crippen LogP contribution in [0.4, 0.5) is 4.79 Å². The van der Waals surface area contributed by atoms with Crippen molar-refractivity contribution in [2.24, 2.45) is 11.7 Å². The molecule has 1 aromatic heterocycles. The smallest absolute Gasteiger partial charge is 0.405 e. The molecule has 6 nitrogen and oxygen atoms in total. The van der Waals surface area contributed by atoms with Crippen molar-refractivity contribution in [1.29, 1.82) is 0 Å². The quantitative estimate of drug-likeness (QED) is 0.760. The standard InChI is InChI=1S/C12H19BrN2O4S2/c1-7(2)4-5-8(10-15-9(13)6-20-10)11(19-12(14)16)21(3,17)18/h6-8,11H,4-5H2,1-3H3,(H2,14,16). The highest BCUT2D eigenvalue weighted by Gasteiger charge is 2.36. The van der Waals surface area contributed by atoms with Crippen LogP contribution in [0, 0.1) is 5.92 Å². The first-order valence-corrected chi connectivity index (χ1v) is 10.00. The Morgan fingerprint density at radius 3 is 2.48 bits per heavy atom. The number of nitrogens with zero attached hydrogens (tertiary/aromatic N) is 1. The number of amides is 1. The molecule has 1 amide bonds. The van der Waals surface area contributed by atoms with Gasteiger partial charge in [0, 0.05) is 11.6 Å². The van der Waals surface area contributed by atoms with Crippen LogP contribution in [0.5, 0.6) is 0 Å². The Morgan fingerprint density at radius 2 is 2.10 bits per heavy atom. The minimum Gasteiger partial charge on any atom is -0.429 e. The summed E-state index contributed by atoms with van der Waals surface area (Å²) in [5, 5.41) is 2.38. The van der Waals surface area contributed by atoms with Gasteiger partial charge in [-0.15, -0.1) is 11.3 Å². The van der Waals surface area contributed by atoms with E-state index < -0.39 is 27.3 Å². The minimum absolute atomic E-state index is 0.393. The molecule has 0 saturated carbocycles. The summed E-state index contributed by atoms with van der Waals surface area (Å²) >= 11 is 4.57. The van der Waals surface area contributed by atoms with Crippen LogP contribution in [0.1, 0.15) is 37.6 Å². The van der Waals surface area contributed by atoms with Crippen LogP contribution in [0.25, 0.3) is 0 Å². The zero-order valence-corrected chi connectivity index (χ0v) is 15.3. The van der Waals surface area contributed by atoms with E-state index in [0.29, 0.717) is 21.9 Å². The summed E-state index contributed by atoms with van der Waals surface area (Å²) in [4.78, 5) is 15.3. The Kier molecular flexibility index (Phi) is 6.61. The maximum atomic E-state index is 12.0. The van der Waals surface area contributed by atoms with E-state index in [-0.39, 0.29) is 0 Å². The normalized spacial score (nSPS) is 14.9. The van der Waals surface area contributed by atoms with E-state index in [1.807, 2.05) is 13.8 Å². The van der Waals surface area contributed by atoms with Crippen molar-refractivity contribution in [2.45, 2.75) is 38.0 Å². The predicted molar refractivity (Wildman–Crippen MR) is 85.9 cm³/mol. The number of carbonyl (C=O) groups excluding carboxylic acids is 1. The average molecular weight is 399 g/mol. The van der Waals surface area contributed by atoms with Crippen molar-refractivity contribution in [3.8, 4) is 0 Å². The van der Waals surface area contributed by atoms with Crippen LogP contribution in [0.15, 0.2) is 9.98 Å². The topological polar surface area (TPSA) is 99.3 Å². The second-order valence-corrected chi connectivity index (χ2v) is 9.05.